The first-order chi connectivity index (χ1) is 14.0. The molecule has 0 radical (unpaired) electrons. The molecular weight excluding hydrogens is 374 g/mol. The fourth-order valence-corrected chi connectivity index (χ4v) is 4.72. The average Bonchev–Trinajstić information content (AvgIpc) is 2.71. The van der Waals surface area contributed by atoms with Gasteiger partial charge in [-0.15, -0.1) is 0 Å². The standard InChI is InChI=1S/C27H34ClN/c1-5-7-10-21-13-14-22(17-19(21)3)27(24-11-8-9-12-25(24)28)23-15-16-26(29-6-2)20(4)18-23/h8-9,11-17,23,27,29H,5-7,10,18H2,1-4H3. The van der Waals surface area contributed by atoms with Gasteiger partial charge in [0.1, 0.15) is 0 Å². The third-order valence-electron chi connectivity index (χ3n) is 6.07. The molecule has 2 unspecified atom stereocenters. The smallest absolute Gasteiger partial charge is 0.0444 e. The first kappa shape index (κ1) is 21.7. The van der Waals surface area contributed by atoms with E-state index in [0.717, 1.165) is 24.4 Å². The van der Waals surface area contributed by atoms with Crippen LogP contribution in [0.5, 0.6) is 0 Å². The molecule has 0 amide bonds. The molecule has 0 saturated carbocycles. The lowest BCUT2D eigenvalue weighted by molar-refractivity contribution is 0.550. The minimum absolute atomic E-state index is 0.261. The molecule has 2 aromatic rings. The van der Waals surface area contributed by atoms with Crippen molar-refractivity contribution in [2.24, 2.45) is 5.92 Å². The van der Waals surface area contributed by atoms with Crippen LogP contribution >= 0.6 is 11.6 Å². The van der Waals surface area contributed by atoms with Gasteiger partial charge in [0.05, 0.1) is 0 Å². The molecule has 3 rings (SSSR count). The van der Waals surface area contributed by atoms with Gasteiger partial charge in [0.15, 0.2) is 0 Å². The number of rotatable bonds is 8. The minimum atomic E-state index is 0.261. The molecule has 0 fully saturated rings. The van der Waals surface area contributed by atoms with Crippen LogP contribution in [0.2, 0.25) is 5.02 Å². The molecule has 154 valence electrons. The monoisotopic (exact) mass is 407 g/mol. The highest BCUT2D eigenvalue weighted by atomic mass is 35.5. The lowest BCUT2D eigenvalue weighted by atomic mass is 9.75. The summed E-state index contributed by atoms with van der Waals surface area (Å²) in [6, 6.07) is 15.4. The van der Waals surface area contributed by atoms with E-state index < -0.39 is 0 Å². The fourth-order valence-electron chi connectivity index (χ4n) is 4.47. The predicted molar refractivity (Wildman–Crippen MR) is 127 cm³/mol. The molecule has 0 spiro atoms. The van der Waals surface area contributed by atoms with E-state index in [9.17, 15) is 0 Å². The summed E-state index contributed by atoms with van der Waals surface area (Å²) in [6.07, 6.45) is 9.33. The summed E-state index contributed by atoms with van der Waals surface area (Å²) in [5, 5.41) is 4.35. The van der Waals surface area contributed by atoms with E-state index in [4.69, 9.17) is 11.6 Å². The van der Waals surface area contributed by atoms with Gasteiger partial charge in [0.2, 0.25) is 0 Å². The Morgan fingerprint density at radius 1 is 1.10 bits per heavy atom. The third kappa shape index (κ3) is 5.14. The van der Waals surface area contributed by atoms with Crippen LogP contribution in [0.15, 0.2) is 65.9 Å². The second-order valence-corrected chi connectivity index (χ2v) is 8.65. The molecule has 0 saturated heterocycles. The maximum absolute atomic E-state index is 6.69. The van der Waals surface area contributed by atoms with Crippen molar-refractivity contribution in [3.63, 3.8) is 0 Å². The van der Waals surface area contributed by atoms with Crippen LogP contribution in [-0.4, -0.2) is 6.54 Å². The Hall–Kier alpha value is -1.99. The Labute approximate surface area is 181 Å². The summed E-state index contributed by atoms with van der Waals surface area (Å²) in [5.74, 6) is 0.662. The largest absolute Gasteiger partial charge is 0.385 e. The SMILES string of the molecule is CCCCc1ccc(C(c2ccccc2Cl)C2C=CC(NCC)=C(C)C2)cc1C. The Morgan fingerprint density at radius 3 is 2.55 bits per heavy atom. The van der Waals surface area contributed by atoms with Crippen LogP contribution in [0, 0.1) is 12.8 Å². The van der Waals surface area contributed by atoms with E-state index in [1.165, 1.54) is 46.4 Å². The molecule has 0 aliphatic heterocycles. The van der Waals surface area contributed by atoms with E-state index >= 15 is 0 Å². The topological polar surface area (TPSA) is 12.0 Å². The molecule has 0 aromatic heterocycles. The number of halogens is 1. The van der Waals surface area contributed by atoms with Crippen molar-refractivity contribution in [3.8, 4) is 0 Å². The molecule has 1 aliphatic carbocycles. The van der Waals surface area contributed by atoms with Gasteiger partial charge < -0.3 is 5.32 Å². The number of benzene rings is 2. The number of likely N-dealkylation sites (N-methyl/N-ethyl adjacent to an activating group) is 1. The van der Waals surface area contributed by atoms with Crippen molar-refractivity contribution in [3.05, 3.63) is 93.2 Å². The zero-order chi connectivity index (χ0) is 20.8. The number of hydrogen-bond acceptors (Lipinski definition) is 1. The van der Waals surface area contributed by atoms with Crippen LogP contribution in [0.4, 0.5) is 0 Å². The summed E-state index contributed by atoms with van der Waals surface area (Å²) in [7, 11) is 0. The molecule has 2 aromatic carbocycles. The van der Waals surface area contributed by atoms with Gasteiger partial charge in [-0.1, -0.05) is 67.4 Å². The van der Waals surface area contributed by atoms with E-state index in [0.29, 0.717) is 5.92 Å². The average molecular weight is 408 g/mol. The second kappa shape index (κ2) is 10.2. The molecule has 1 aliphatic rings. The fraction of sp³-hybridized carbons (Fsp3) is 0.407. The lowest BCUT2D eigenvalue weighted by Gasteiger charge is -2.30. The maximum Gasteiger partial charge on any atom is 0.0444 e. The van der Waals surface area contributed by atoms with E-state index in [1.807, 2.05) is 12.1 Å². The highest BCUT2D eigenvalue weighted by Crippen LogP contribution is 2.41. The molecule has 1 nitrogen and oxygen atoms in total. The first-order valence-corrected chi connectivity index (χ1v) is 11.4. The van der Waals surface area contributed by atoms with Crippen LogP contribution in [0.25, 0.3) is 0 Å². The van der Waals surface area contributed by atoms with Gasteiger partial charge in [0, 0.05) is 23.2 Å². The number of hydrogen-bond donors (Lipinski definition) is 1. The molecule has 0 bridgehead atoms. The van der Waals surface area contributed by atoms with Crippen molar-refractivity contribution in [2.75, 3.05) is 6.54 Å². The predicted octanol–water partition coefficient (Wildman–Crippen LogP) is 7.58. The van der Waals surface area contributed by atoms with E-state index in [-0.39, 0.29) is 5.92 Å². The highest BCUT2D eigenvalue weighted by molar-refractivity contribution is 6.31. The zero-order valence-corrected chi connectivity index (χ0v) is 19.0. The highest BCUT2D eigenvalue weighted by Gasteiger charge is 2.27. The normalized spacial score (nSPS) is 17.5. The number of aryl methyl sites for hydroxylation is 2. The third-order valence-corrected chi connectivity index (χ3v) is 6.42. The molecule has 0 heterocycles. The van der Waals surface area contributed by atoms with Gasteiger partial charge >= 0.3 is 0 Å². The van der Waals surface area contributed by atoms with Crippen molar-refractivity contribution in [2.45, 2.75) is 59.3 Å². The van der Waals surface area contributed by atoms with Gasteiger partial charge in [-0.3, -0.25) is 0 Å². The zero-order valence-electron chi connectivity index (χ0n) is 18.3. The van der Waals surface area contributed by atoms with Crippen molar-refractivity contribution < 1.29 is 0 Å². The molecule has 29 heavy (non-hydrogen) atoms. The maximum atomic E-state index is 6.69. The van der Waals surface area contributed by atoms with Gasteiger partial charge in [-0.05, 0) is 85.9 Å². The molecule has 2 heteroatoms. The summed E-state index contributed by atoms with van der Waals surface area (Å²) in [4.78, 5) is 0. The lowest BCUT2D eigenvalue weighted by Crippen LogP contribution is -2.20. The van der Waals surface area contributed by atoms with Crippen molar-refractivity contribution in [1.29, 1.82) is 0 Å². The summed E-state index contributed by atoms with van der Waals surface area (Å²) < 4.78 is 0. The summed E-state index contributed by atoms with van der Waals surface area (Å²) in [6.45, 7) is 9.86. The number of unbranched alkanes of at least 4 members (excludes halogenated alkanes) is 1. The Bertz CT molecular complexity index is 893. The van der Waals surface area contributed by atoms with E-state index in [2.05, 4.69) is 75.5 Å². The van der Waals surface area contributed by atoms with Gasteiger partial charge in [-0.25, -0.2) is 0 Å². The van der Waals surface area contributed by atoms with Crippen LogP contribution in [0.1, 0.15) is 68.2 Å². The Kier molecular flexibility index (Phi) is 7.61. The first-order valence-electron chi connectivity index (χ1n) is 11.0. The quantitative estimate of drug-likeness (QED) is 0.475. The molecule has 1 N–H and O–H groups in total. The second-order valence-electron chi connectivity index (χ2n) is 8.24. The van der Waals surface area contributed by atoms with Crippen molar-refractivity contribution >= 4 is 11.6 Å². The van der Waals surface area contributed by atoms with Crippen molar-refractivity contribution in [1.82, 2.24) is 5.32 Å². The summed E-state index contributed by atoms with van der Waals surface area (Å²) in [5.41, 5.74) is 8.15. The van der Waals surface area contributed by atoms with E-state index in [1.54, 1.807) is 0 Å². The van der Waals surface area contributed by atoms with Gasteiger partial charge in [-0.2, -0.15) is 0 Å². The molecule has 2 atom stereocenters. The Balaban J connectivity index is 1.99. The summed E-state index contributed by atoms with van der Waals surface area (Å²) >= 11 is 6.69. The number of nitrogens with one attached hydrogen (secondary N) is 1. The van der Waals surface area contributed by atoms with Crippen LogP contribution in [-0.2, 0) is 6.42 Å². The van der Waals surface area contributed by atoms with Crippen LogP contribution < -0.4 is 5.32 Å². The van der Waals surface area contributed by atoms with Gasteiger partial charge in [0.25, 0.3) is 0 Å². The molecular formula is C27H34ClN. The number of allylic oxidation sites excluding steroid dienone is 3. The minimum Gasteiger partial charge on any atom is -0.385 e. The van der Waals surface area contributed by atoms with Crippen LogP contribution in [0.3, 0.4) is 0 Å². The Morgan fingerprint density at radius 2 is 1.90 bits per heavy atom.